The van der Waals surface area contributed by atoms with Crippen LogP contribution in [-0.2, 0) is 16.0 Å². The third kappa shape index (κ3) is 4.89. The summed E-state index contributed by atoms with van der Waals surface area (Å²) in [5.74, 6) is -0.903. The van der Waals surface area contributed by atoms with Gasteiger partial charge in [0.05, 0.1) is 22.8 Å². The van der Waals surface area contributed by atoms with Gasteiger partial charge in [-0.25, -0.2) is 9.78 Å². The molecule has 2 atom stereocenters. The van der Waals surface area contributed by atoms with Crippen LogP contribution < -0.4 is 10.7 Å². The highest BCUT2D eigenvalue weighted by molar-refractivity contribution is 7.18. The van der Waals surface area contributed by atoms with E-state index in [-0.39, 0.29) is 12.6 Å². The van der Waals surface area contributed by atoms with Crippen LogP contribution in [0.25, 0.3) is 10.2 Å². The quantitative estimate of drug-likeness (QED) is 0.498. The summed E-state index contributed by atoms with van der Waals surface area (Å²) < 4.78 is 1.09. The Morgan fingerprint density at radius 2 is 1.88 bits per heavy atom. The van der Waals surface area contributed by atoms with Gasteiger partial charge < -0.3 is 5.32 Å². The SMILES string of the molecule is C[C@H](c1nc2ccccc2s1)N(C)CC(=O)NN1C(=O)N[C@](C)(CCc2ccccc2)C1=O. The number of amides is 4. The summed E-state index contributed by atoms with van der Waals surface area (Å²) in [6, 6.07) is 16.9. The van der Waals surface area contributed by atoms with Crippen LogP contribution in [0.3, 0.4) is 0 Å². The molecule has 4 rings (SSSR count). The van der Waals surface area contributed by atoms with Crippen molar-refractivity contribution in [2.45, 2.75) is 38.3 Å². The maximum Gasteiger partial charge on any atom is 0.344 e. The Kier molecular flexibility index (Phi) is 6.44. The van der Waals surface area contributed by atoms with E-state index in [9.17, 15) is 14.4 Å². The second kappa shape index (κ2) is 9.29. The number of thiazole rings is 1. The van der Waals surface area contributed by atoms with Gasteiger partial charge in [0, 0.05) is 0 Å². The van der Waals surface area contributed by atoms with E-state index in [1.54, 1.807) is 18.3 Å². The molecule has 2 N–H and O–H groups in total. The zero-order valence-electron chi connectivity index (χ0n) is 18.9. The number of aryl methyl sites for hydroxylation is 1. The monoisotopic (exact) mass is 465 g/mol. The molecule has 1 aliphatic rings. The van der Waals surface area contributed by atoms with Crippen molar-refractivity contribution in [2.24, 2.45) is 0 Å². The van der Waals surface area contributed by atoms with Crippen molar-refractivity contribution in [3.05, 3.63) is 65.2 Å². The lowest BCUT2D eigenvalue weighted by Gasteiger charge is -2.24. The van der Waals surface area contributed by atoms with Gasteiger partial charge in [-0.3, -0.25) is 19.9 Å². The fourth-order valence-corrected chi connectivity index (χ4v) is 4.86. The van der Waals surface area contributed by atoms with Crippen LogP contribution in [0.15, 0.2) is 54.6 Å². The van der Waals surface area contributed by atoms with Crippen LogP contribution in [-0.4, -0.2) is 51.9 Å². The molecule has 1 fully saturated rings. The van der Waals surface area contributed by atoms with Crippen LogP contribution in [0.4, 0.5) is 4.79 Å². The zero-order valence-corrected chi connectivity index (χ0v) is 19.7. The second-order valence-corrected chi connectivity index (χ2v) is 9.60. The molecular weight excluding hydrogens is 438 g/mol. The number of urea groups is 1. The molecule has 0 saturated carbocycles. The van der Waals surface area contributed by atoms with E-state index < -0.39 is 23.4 Å². The van der Waals surface area contributed by atoms with E-state index >= 15 is 0 Å². The Morgan fingerprint density at radius 1 is 1.18 bits per heavy atom. The molecule has 2 aromatic carbocycles. The summed E-state index contributed by atoms with van der Waals surface area (Å²) in [6.07, 6.45) is 1.07. The summed E-state index contributed by atoms with van der Waals surface area (Å²) in [5, 5.41) is 4.42. The maximum atomic E-state index is 12.9. The smallest absolute Gasteiger partial charge is 0.322 e. The van der Waals surface area contributed by atoms with Gasteiger partial charge >= 0.3 is 6.03 Å². The van der Waals surface area contributed by atoms with E-state index in [4.69, 9.17) is 0 Å². The average molecular weight is 466 g/mol. The molecule has 8 nitrogen and oxygen atoms in total. The lowest BCUT2D eigenvalue weighted by molar-refractivity contribution is -0.139. The first kappa shape index (κ1) is 22.9. The number of fused-ring (bicyclic) bond motifs is 1. The van der Waals surface area contributed by atoms with Gasteiger partial charge in [0.1, 0.15) is 10.5 Å². The van der Waals surface area contributed by atoms with Gasteiger partial charge in [0.25, 0.3) is 11.8 Å². The Morgan fingerprint density at radius 3 is 2.61 bits per heavy atom. The van der Waals surface area contributed by atoms with Crippen LogP contribution in [0.1, 0.15) is 36.9 Å². The van der Waals surface area contributed by atoms with E-state index in [2.05, 4.69) is 15.7 Å². The summed E-state index contributed by atoms with van der Waals surface area (Å²) in [4.78, 5) is 44.5. The molecule has 1 aromatic heterocycles. The predicted octanol–water partition coefficient (Wildman–Crippen LogP) is 3.26. The summed E-state index contributed by atoms with van der Waals surface area (Å²) in [7, 11) is 1.81. The number of rotatable bonds is 8. The minimum atomic E-state index is -1.07. The highest BCUT2D eigenvalue weighted by Gasteiger charge is 2.48. The number of hydrazine groups is 1. The Bertz CT molecular complexity index is 1150. The summed E-state index contributed by atoms with van der Waals surface area (Å²) in [6.45, 7) is 3.66. The Balaban J connectivity index is 1.35. The van der Waals surface area contributed by atoms with Crippen molar-refractivity contribution in [2.75, 3.05) is 13.6 Å². The number of carbonyl (C=O) groups excluding carboxylic acids is 3. The first-order valence-corrected chi connectivity index (χ1v) is 11.6. The summed E-state index contributed by atoms with van der Waals surface area (Å²) in [5.41, 5.74) is 3.41. The van der Waals surface area contributed by atoms with Gasteiger partial charge in [-0.1, -0.05) is 42.5 Å². The number of nitrogens with one attached hydrogen (secondary N) is 2. The lowest BCUT2D eigenvalue weighted by Crippen LogP contribution is -2.51. The number of para-hydroxylation sites is 1. The normalized spacial score (nSPS) is 19.2. The minimum Gasteiger partial charge on any atom is -0.322 e. The molecule has 0 spiro atoms. The zero-order chi connectivity index (χ0) is 23.6. The molecule has 33 heavy (non-hydrogen) atoms. The minimum absolute atomic E-state index is 0.00881. The largest absolute Gasteiger partial charge is 0.344 e. The molecular formula is C24H27N5O3S. The maximum absolute atomic E-state index is 12.9. The van der Waals surface area contributed by atoms with E-state index in [0.29, 0.717) is 12.8 Å². The molecule has 9 heteroatoms. The molecule has 3 aromatic rings. The standard InChI is InChI=1S/C24H27N5O3S/c1-16(21-25-18-11-7-8-12-19(18)33-21)28(3)15-20(30)27-29-22(31)24(2,26-23(29)32)14-13-17-9-5-4-6-10-17/h4-12,16H,13-15H2,1-3H3,(H,26,32)(H,27,30)/t16-,24-/m1/s1. The Hall–Kier alpha value is -3.30. The van der Waals surface area contributed by atoms with Gasteiger partial charge in [0.2, 0.25) is 0 Å². The fourth-order valence-electron chi connectivity index (χ4n) is 3.78. The van der Waals surface area contributed by atoms with Crippen molar-refractivity contribution < 1.29 is 14.4 Å². The molecule has 0 bridgehead atoms. The number of carbonyl (C=O) groups is 3. The number of hydrogen-bond donors (Lipinski definition) is 2. The molecule has 1 aliphatic heterocycles. The second-order valence-electron chi connectivity index (χ2n) is 8.53. The first-order chi connectivity index (χ1) is 15.8. The topological polar surface area (TPSA) is 94.6 Å². The number of likely N-dealkylation sites (N-methyl/N-ethyl adjacent to an activating group) is 1. The van der Waals surface area contributed by atoms with Gasteiger partial charge in [0.15, 0.2) is 0 Å². The lowest BCUT2D eigenvalue weighted by atomic mass is 9.93. The number of benzene rings is 2. The van der Waals surface area contributed by atoms with Crippen molar-refractivity contribution in [3.63, 3.8) is 0 Å². The number of hydrogen-bond acceptors (Lipinski definition) is 6. The van der Waals surface area contributed by atoms with Crippen LogP contribution in [0.5, 0.6) is 0 Å². The van der Waals surface area contributed by atoms with E-state index in [0.717, 1.165) is 25.8 Å². The molecule has 1 saturated heterocycles. The molecule has 2 heterocycles. The van der Waals surface area contributed by atoms with Crippen molar-refractivity contribution in [1.29, 1.82) is 0 Å². The van der Waals surface area contributed by atoms with Crippen LogP contribution in [0.2, 0.25) is 0 Å². The van der Waals surface area contributed by atoms with Crippen molar-refractivity contribution in [3.8, 4) is 0 Å². The third-order valence-electron chi connectivity index (χ3n) is 5.98. The highest BCUT2D eigenvalue weighted by atomic mass is 32.1. The van der Waals surface area contributed by atoms with Gasteiger partial charge in [-0.05, 0) is 51.4 Å². The van der Waals surface area contributed by atoms with Crippen molar-refractivity contribution in [1.82, 2.24) is 25.6 Å². The molecule has 0 aliphatic carbocycles. The van der Waals surface area contributed by atoms with Gasteiger partial charge in [-0.2, -0.15) is 5.01 Å². The van der Waals surface area contributed by atoms with Crippen LogP contribution >= 0.6 is 11.3 Å². The average Bonchev–Trinajstić information content (AvgIpc) is 3.33. The van der Waals surface area contributed by atoms with Crippen molar-refractivity contribution >= 4 is 39.4 Å². The number of imide groups is 1. The predicted molar refractivity (Wildman–Crippen MR) is 127 cm³/mol. The number of aromatic nitrogens is 1. The fraction of sp³-hybridized carbons (Fsp3) is 0.333. The van der Waals surface area contributed by atoms with Gasteiger partial charge in [-0.15, -0.1) is 11.3 Å². The Labute approximate surface area is 196 Å². The highest BCUT2D eigenvalue weighted by Crippen LogP contribution is 2.28. The van der Waals surface area contributed by atoms with E-state index in [1.807, 2.05) is 73.5 Å². The van der Waals surface area contributed by atoms with Crippen LogP contribution in [0, 0.1) is 0 Å². The molecule has 172 valence electrons. The molecule has 4 amide bonds. The molecule has 0 radical (unpaired) electrons. The first-order valence-electron chi connectivity index (χ1n) is 10.8. The summed E-state index contributed by atoms with van der Waals surface area (Å²) >= 11 is 1.58. The van der Waals surface area contributed by atoms with E-state index in [1.165, 1.54) is 0 Å². The third-order valence-corrected chi connectivity index (χ3v) is 7.18. The molecule has 0 unspecified atom stereocenters. The number of nitrogens with zero attached hydrogens (tertiary/aromatic N) is 3.